The van der Waals surface area contributed by atoms with Crippen LogP contribution in [0.25, 0.3) is 11.1 Å². The van der Waals surface area contributed by atoms with Crippen molar-refractivity contribution >= 4 is 12.9 Å². The van der Waals surface area contributed by atoms with E-state index in [-0.39, 0.29) is 5.30 Å². The van der Waals surface area contributed by atoms with Gasteiger partial charge in [-0.3, -0.25) is 4.57 Å². The Hall–Kier alpha value is -1.41. The van der Waals surface area contributed by atoms with Gasteiger partial charge in [0.2, 0.25) is 0 Å². The summed E-state index contributed by atoms with van der Waals surface area (Å²) >= 11 is 0. The predicted octanol–water partition coefficient (Wildman–Crippen LogP) is 2.38. The summed E-state index contributed by atoms with van der Waals surface area (Å²) in [5, 5.41) is 0.149. The summed E-state index contributed by atoms with van der Waals surface area (Å²) in [4.78, 5) is 19.0. The summed E-state index contributed by atoms with van der Waals surface area (Å²) in [6, 6.07) is 11.5. The summed E-state index contributed by atoms with van der Waals surface area (Å²) in [6.07, 6.45) is 1.85. The van der Waals surface area contributed by atoms with E-state index < -0.39 is 7.60 Å². The first-order chi connectivity index (χ1) is 8.48. The van der Waals surface area contributed by atoms with E-state index in [9.17, 15) is 14.4 Å². The Morgan fingerprint density at radius 2 is 1.72 bits per heavy atom. The maximum absolute atomic E-state index is 11.6. The van der Waals surface area contributed by atoms with Crippen molar-refractivity contribution in [2.45, 2.75) is 6.92 Å². The molecule has 0 fully saturated rings. The fourth-order valence-electron chi connectivity index (χ4n) is 2.51. The van der Waals surface area contributed by atoms with Crippen LogP contribution in [0, 0.1) is 13.3 Å². The lowest BCUT2D eigenvalue weighted by atomic mass is 10.0. The van der Waals surface area contributed by atoms with Crippen molar-refractivity contribution in [3.05, 3.63) is 59.5 Å². The quantitative estimate of drug-likeness (QED) is 0.660. The van der Waals surface area contributed by atoms with Gasteiger partial charge in [0, 0.05) is 6.42 Å². The van der Waals surface area contributed by atoms with E-state index >= 15 is 0 Å². The Morgan fingerprint density at radius 1 is 1.00 bits per heavy atom. The largest absolute Gasteiger partial charge is 0.356 e. The molecular weight excluding hydrogens is 247 g/mol. The van der Waals surface area contributed by atoms with Gasteiger partial charge >= 0.3 is 7.60 Å². The number of rotatable bonds is 1. The summed E-state index contributed by atoms with van der Waals surface area (Å²) in [5.41, 5.74) is 4.22. The van der Waals surface area contributed by atoms with E-state index in [1.807, 2.05) is 36.8 Å². The lowest BCUT2D eigenvalue weighted by Gasteiger charge is -2.13. The highest BCUT2D eigenvalue weighted by Gasteiger charge is 2.30. The summed E-state index contributed by atoms with van der Waals surface area (Å²) < 4.78 is 11.6. The zero-order valence-corrected chi connectivity index (χ0v) is 10.7. The van der Waals surface area contributed by atoms with Gasteiger partial charge in [0.1, 0.15) is 0 Å². The molecule has 1 aliphatic rings. The number of hydrogen-bond donors (Lipinski definition) is 2. The minimum absolute atomic E-state index is 0.149. The molecule has 0 heterocycles. The lowest BCUT2D eigenvalue weighted by Crippen LogP contribution is -2.13. The second-order valence-electron chi connectivity index (χ2n) is 4.47. The van der Waals surface area contributed by atoms with Gasteiger partial charge in [-0.05, 0) is 34.7 Å². The number of hydrogen-bond acceptors (Lipinski definition) is 1. The van der Waals surface area contributed by atoms with Crippen LogP contribution < -0.4 is 5.30 Å². The van der Waals surface area contributed by atoms with Crippen LogP contribution in [-0.2, 0) is 4.57 Å². The van der Waals surface area contributed by atoms with Crippen LogP contribution in [0.5, 0.6) is 0 Å². The number of benzene rings is 2. The van der Waals surface area contributed by atoms with Gasteiger partial charge < -0.3 is 9.79 Å². The highest BCUT2D eigenvalue weighted by atomic mass is 31.2. The maximum Gasteiger partial charge on any atom is 0.356 e. The smallest absolute Gasteiger partial charge is 0.321 e. The molecule has 0 amide bonds. The van der Waals surface area contributed by atoms with Gasteiger partial charge in [0.15, 0.2) is 0 Å². The van der Waals surface area contributed by atoms with E-state index in [1.54, 1.807) is 13.0 Å². The Bertz CT molecular complexity index is 685. The van der Waals surface area contributed by atoms with Gasteiger partial charge in [-0.2, -0.15) is 0 Å². The second kappa shape index (κ2) is 3.79. The molecule has 3 rings (SSSR count). The maximum atomic E-state index is 11.6. The molecule has 0 spiro atoms. The molecule has 0 bridgehead atoms. The van der Waals surface area contributed by atoms with Crippen molar-refractivity contribution in [2.24, 2.45) is 0 Å². The van der Waals surface area contributed by atoms with Crippen molar-refractivity contribution in [1.29, 1.82) is 0 Å². The molecule has 3 nitrogen and oxygen atoms in total. The minimum atomic E-state index is -4.26. The molecule has 0 saturated carbocycles. The van der Waals surface area contributed by atoms with Crippen LogP contribution in [0.2, 0.25) is 0 Å². The second-order valence-corrected chi connectivity index (χ2v) is 6.00. The molecule has 2 N–H and O–H groups in total. The van der Waals surface area contributed by atoms with E-state index in [4.69, 9.17) is 0 Å². The molecule has 18 heavy (non-hydrogen) atoms. The molecule has 0 atom stereocenters. The summed E-state index contributed by atoms with van der Waals surface area (Å²) in [7, 11) is -4.26. The number of fused-ring (bicyclic) bond motifs is 3. The lowest BCUT2D eigenvalue weighted by molar-refractivity contribution is 0.387. The van der Waals surface area contributed by atoms with Crippen molar-refractivity contribution in [2.75, 3.05) is 0 Å². The summed E-state index contributed by atoms with van der Waals surface area (Å²) in [5.74, 6) is 0. The topological polar surface area (TPSA) is 57.5 Å². The normalized spacial score (nSPS) is 13.3. The Morgan fingerprint density at radius 3 is 2.44 bits per heavy atom. The SMILES string of the molecule is Cc1ccc2c(c1P(=O)(O)O)[CH]c1ccccc1-2. The standard InChI is InChI=1S/C14H12O3P/c1-9-6-7-12-11-5-3-2-4-10(11)8-13(12)14(9)18(15,16)17/h2-8H,1H3,(H2,15,16,17). The van der Waals surface area contributed by atoms with Crippen LogP contribution in [0.15, 0.2) is 36.4 Å². The average molecular weight is 259 g/mol. The predicted molar refractivity (Wildman–Crippen MR) is 70.8 cm³/mol. The molecule has 0 saturated heterocycles. The molecule has 0 aromatic heterocycles. The molecule has 2 aromatic carbocycles. The van der Waals surface area contributed by atoms with Crippen LogP contribution in [-0.4, -0.2) is 9.79 Å². The first-order valence-electron chi connectivity index (χ1n) is 5.62. The van der Waals surface area contributed by atoms with Crippen LogP contribution in [0.3, 0.4) is 0 Å². The first-order valence-corrected chi connectivity index (χ1v) is 7.23. The fourth-order valence-corrected chi connectivity index (χ4v) is 3.54. The highest BCUT2D eigenvalue weighted by molar-refractivity contribution is 7.60. The van der Waals surface area contributed by atoms with Gasteiger partial charge in [-0.25, -0.2) is 0 Å². The third-order valence-electron chi connectivity index (χ3n) is 3.26. The van der Waals surface area contributed by atoms with Gasteiger partial charge in [0.05, 0.1) is 5.30 Å². The van der Waals surface area contributed by atoms with E-state index in [2.05, 4.69) is 0 Å². The Labute approximate surface area is 105 Å². The zero-order valence-electron chi connectivity index (χ0n) is 9.79. The van der Waals surface area contributed by atoms with Gasteiger partial charge in [0.25, 0.3) is 0 Å². The third-order valence-corrected chi connectivity index (χ3v) is 4.44. The van der Waals surface area contributed by atoms with Crippen molar-refractivity contribution in [3.8, 4) is 11.1 Å². The molecule has 91 valence electrons. The minimum Gasteiger partial charge on any atom is -0.321 e. The summed E-state index contributed by atoms with van der Waals surface area (Å²) in [6.45, 7) is 1.73. The molecule has 0 aliphatic heterocycles. The Balaban J connectivity index is 2.33. The van der Waals surface area contributed by atoms with E-state index in [0.717, 1.165) is 16.7 Å². The van der Waals surface area contributed by atoms with Crippen LogP contribution in [0.1, 0.15) is 16.7 Å². The van der Waals surface area contributed by atoms with Crippen molar-refractivity contribution < 1.29 is 14.4 Å². The first kappa shape index (κ1) is 11.7. The number of aryl methyl sites for hydroxylation is 1. The average Bonchev–Trinajstić information content (AvgIpc) is 2.64. The monoisotopic (exact) mass is 259 g/mol. The molecule has 1 aliphatic carbocycles. The van der Waals surface area contributed by atoms with Gasteiger partial charge in [-0.1, -0.05) is 36.4 Å². The van der Waals surface area contributed by atoms with Crippen LogP contribution >= 0.6 is 7.60 Å². The molecule has 0 unspecified atom stereocenters. The van der Waals surface area contributed by atoms with Crippen LogP contribution in [0.4, 0.5) is 0 Å². The fraction of sp³-hybridized carbons (Fsp3) is 0.0714. The van der Waals surface area contributed by atoms with E-state index in [1.165, 1.54) is 0 Å². The molecule has 4 heteroatoms. The van der Waals surface area contributed by atoms with Gasteiger partial charge in [-0.15, -0.1) is 0 Å². The molecule has 1 radical (unpaired) electrons. The highest BCUT2D eigenvalue weighted by Crippen LogP contribution is 2.44. The molecule has 2 aromatic rings. The van der Waals surface area contributed by atoms with Crippen molar-refractivity contribution in [1.82, 2.24) is 0 Å². The Kier molecular flexibility index (Phi) is 2.46. The third kappa shape index (κ3) is 1.64. The molecular formula is C14H12O3P. The zero-order chi connectivity index (χ0) is 12.9. The van der Waals surface area contributed by atoms with E-state index in [0.29, 0.717) is 11.1 Å². The van der Waals surface area contributed by atoms with Crippen molar-refractivity contribution in [3.63, 3.8) is 0 Å².